The molecule has 0 N–H and O–H groups in total. The Labute approximate surface area is 211 Å². The van der Waals surface area contributed by atoms with Crippen molar-refractivity contribution in [2.24, 2.45) is 5.92 Å². The second-order valence-electron chi connectivity index (χ2n) is 11.2. The molecule has 0 radical (unpaired) electrons. The summed E-state index contributed by atoms with van der Waals surface area (Å²) in [5, 5.41) is 0. The third kappa shape index (κ3) is 3.92. The predicted octanol–water partition coefficient (Wildman–Crippen LogP) is 3.34. The number of hydrogen-bond acceptors (Lipinski definition) is 8. The van der Waals surface area contributed by atoms with Gasteiger partial charge >= 0.3 is 17.9 Å². The first-order valence-corrected chi connectivity index (χ1v) is 12.4. The first-order chi connectivity index (χ1) is 16.9. The summed E-state index contributed by atoms with van der Waals surface area (Å²) in [7, 11) is 2.13. The minimum atomic E-state index is -0.607. The molecule has 1 aromatic rings. The highest BCUT2D eigenvalue weighted by Crippen LogP contribution is 2.63. The average molecular weight is 496 g/mol. The van der Waals surface area contributed by atoms with Crippen LogP contribution in [0.25, 0.3) is 6.08 Å². The Hall–Kier alpha value is -3.13. The zero-order valence-electron chi connectivity index (χ0n) is 21.6. The quantitative estimate of drug-likeness (QED) is 0.272. The zero-order valence-corrected chi connectivity index (χ0v) is 21.6. The van der Waals surface area contributed by atoms with Crippen LogP contribution >= 0.6 is 0 Å². The number of benzene rings is 1. The molecule has 1 saturated heterocycles. The fraction of sp³-hybridized carbons (Fsp3) is 0.536. The molecule has 8 heteroatoms. The van der Waals surface area contributed by atoms with Crippen LogP contribution in [0.4, 0.5) is 0 Å². The maximum Gasteiger partial charge on any atom is 0.331 e. The largest absolute Gasteiger partial charge is 0.481 e. The monoisotopic (exact) mass is 495 g/mol. The zero-order chi connectivity index (χ0) is 26.0. The van der Waals surface area contributed by atoms with Gasteiger partial charge in [0, 0.05) is 42.9 Å². The topological polar surface area (TPSA) is 91.4 Å². The third-order valence-electron chi connectivity index (χ3n) is 7.64. The van der Waals surface area contributed by atoms with Crippen molar-refractivity contribution in [3.05, 3.63) is 41.0 Å². The molecule has 4 aliphatic rings. The van der Waals surface area contributed by atoms with Gasteiger partial charge in [-0.15, -0.1) is 0 Å². The van der Waals surface area contributed by atoms with Crippen LogP contribution in [0.15, 0.2) is 24.3 Å². The number of carbonyl (C=O) groups is 3. The van der Waals surface area contributed by atoms with Gasteiger partial charge in [0.1, 0.15) is 11.7 Å². The molecular formula is C28H33NO7. The minimum absolute atomic E-state index is 0.150. The minimum Gasteiger partial charge on any atom is -0.481 e. The molecule has 0 amide bonds. The molecular weight excluding hydrogens is 462 g/mol. The molecule has 192 valence electrons. The summed E-state index contributed by atoms with van der Waals surface area (Å²) in [6.07, 6.45) is 7.83. The summed E-state index contributed by atoms with van der Waals surface area (Å²) in [6.45, 7) is 9.07. The highest BCUT2D eigenvalue weighted by Gasteiger charge is 2.65. The predicted molar refractivity (Wildman–Crippen MR) is 132 cm³/mol. The third-order valence-corrected chi connectivity index (χ3v) is 7.64. The Morgan fingerprint density at radius 2 is 1.92 bits per heavy atom. The summed E-state index contributed by atoms with van der Waals surface area (Å²) in [4.78, 5) is 38.8. The lowest BCUT2D eigenvalue weighted by atomic mass is 9.53. The number of carbonyl (C=O) groups excluding carboxylic acids is 3. The van der Waals surface area contributed by atoms with Gasteiger partial charge in [-0.1, -0.05) is 6.08 Å². The van der Waals surface area contributed by atoms with Gasteiger partial charge < -0.3 is 23.8 Å². The van der Waals surface area contributed by atoms with Gasteiger partial charge in [-0.25, -0.2) is 4.79 Å². The molecule has 1 aromatic carbocycles. The molecule has 5 atom stereocenters. The van der Waals surface area contributed by atoms with Crippen LogP contribution in [-0.4, -0.2) is 60.3 Å². The molecule has 5 rings (SSSR count). The maximum absolute atomic E-state index is 12.5. The van der Waals surface area contributed by atoms with Crippen molar-refractivity contribution in [1.29, 1.82) is 0 Å². The number of likely N-dealkylation sites (N-methyl/N-ethyl adjacent to an activating group) is 1. The Morgan fingerprint density at radius 1 is 1.17 bits per heavy atom. The van der Waals surface area contributed by atoms with E-state index in [1.54, 1.807) is 12.1 Å². The summed E-state index contributed by atoms with van der Waals surface area (Å²) >= 11 is 0. The SMILES string of the molecule is CC(=O)Oc1cc(/C=C/C(=O)OC(C)(C)C)c2c3c1O[C@H]1[C@@H](OC(C)=O)C=CC4[C@@H](C2)N(C)CCC341. The van der Waals surface area contributed by atoms with E-state index in [-0.39, 0.29) is 17.9 Å². The van der Waals surface area contributed by atoms with Gasteiger partial charge in [-0.05, 0) is 76.6 Å². The van der Waals surface area contributed by atoms with Crippen LogP contribution < -0.4 is 9.47 Å². The van der Waals surface area contributed by atoms with Crippen molar-refractivity contribution in [3.63, 3.8) is 0 Å². The molecule has 2 bridgehead atoms. The standard InChI is InChI=1S/C28H33NO7/c1-15(30)33-21-9-8-19-20-14-18-17(7-10-23(32)36-27(3,4)5)13-22(34-16(2)31)25-24(18)28(19,26(21)35-25)11-12-29(20)6/h7-10,13,19-21,26H,11-12,14H2,1-6H3/b10-7+/t19?,20-,21+,26+,28?/m1/s1. The maximum atomic E-state index is 12.5. The molecule has 36 heavy (non-hydrogen) atoms. The van der Waals surface area contributed by atoms with E-state index in [4.69, 9.17) is 18.9 Å². The number of rotatable bonds is 4. The summed E-state index contributed by atoms with van der Waals surface area (Å²) < 4.78 is 23.3. The smallest absolute Gasteiger partial charge is 0.331 e. The second-order valence-corrected chi connectivity index (χ2v) is 11.2. The fourth-order valence-electron chi connectivity index (χ4n) is 6.48. The van der Waals surface area contributed by atoms with Crippen LogP contribution in [0.5, 0.6) is 11.5 Å². The van der Waals surface area contributed by atoms with E-state index < -0.39 is 35.2 Å². The fourth-order valence-corrected chi connectivity index (χ4v) is 6.48. The van der Waals surface area contributed by atoms with Gasteiger partial charge in [0.05, 0.1) is 0 Å². The van der Waals surface area contributed by atoms with Crippen LogP contribution in [0.1, 0.15) is 57.7 Å². The Kier molecular flexibility index (Phi) is 5.78. The van der Waals surface area contributed by atoms with Crippen molar-refractivity contribution in [2.45, 2.75) is 76.7 Å². The molecule has 2 unspecified atom stereocenters. The van der Waals surface area contributed by atoms with E-state index in [9.17, 15) is 14.4 Å². The van der Waals surface area contributed by atoms with Crippen molar-refractivity contribution >= 4 is 24.0 Å². The van der Waals surface area contributed by atoms with Crippen molar-refractivity contribution in [3.8, 4) is 11.5 Å². The van der Waals surface area contributed by atoms with E-state index >= 15 is 0 Å². The van der Waals surface area contributed by atoms with E-state index in [0.29, 0.717) is 11.5 Å². The normalized spacial score (nSPS) is 29.9. The van der Waals surface area contributed by atoms with Crippen LogP contribution in [0, 0.1) is 5.92 Å². The van der Waals surface area contributed by atoms with Gasteiger partial charge in [0.15, 0.2) is 17.6 Å². The van der Waals surface area contributed by atoms with Crippen LogP contribution in [-0.2, 0) is 35.7 Å². The summed E-state index contributed by atoms with van der Waals surface area (Å²) in [5.41, 5.74) is 1.82. The number of hydrogen-bond donors (Lipinski definition) is 0. The molecule has 0 aromatic heterocycles. The number of likely N-dealkylation sites (tertiary alicyclic amines) is 1. The van der Waals surface area contributed by atoms with Gasteiger partial charge in [-0.3, -0.25) is 9.59 Å². The Morgan fingerprint density at radius 3 is 2.58 bits per heavy atom. The number of ether oxygens (including phenoxy) is 4. The van der Waals surface area contributed by atoms with Gasteiger partial charge in [0.25, 0.3) is 0 Å². The first kappa shape index (κ1) is 24.6. The molecule has 2 heterocycles. The van der Waals surface area contributed by atoms with Crippen LogP contribution in [0.3, 0.4) is 0 Å². The van der Waals surface area contributed by atoms with Gasteiger partial charge in [0.2, 0.25) is 0 Å². The molecule has 8 nitrogen and oxygen atoms in total. The lowest BCUT2D eigenvalue weighted by Crippen LogP contribution is -2.65. The molecule has 2 aliphatic heterocycles. The second kappa shape index (κ2) is 8.47. The van der Waals surface area contributed by atoms with Crippen molar-refractivity contribution in [2.75, 3.05) is 13.6 Å². The first-order valence-electron chi connectivity index (χ1n) is 12.4. The number of nitrogens with zero attached hydrogens (tertiary/aromatic N) is 1. The molecule has 1 spiro atoms. The number of esters is 3. The van der Waals surface area contributed by atoms with E-state index in [2.05, 4.69) is 18.0 Å². The average Bonchev–Trinajstić information content (AvgIpc) is 3.10. The molecule has 1 fully saturated rings. The highest BCUT2D eigenvalue weighted by atomic mass is 16.6. The summed E-state index contributed by atoms with van der Waals surface area (Å²) in [6, 6.07) is 1.97. The van der Waals surface area contributed by atoms with Crippen LogP contribution in [0.2, 0.25) is 0 Å². The Balaban J connectivity index is 1.68. The number of piperidine rings is 1. The lowest BCUT2D eigenvalue weighted by Gasteiger charge is -2.56. The molecule has 2 aliphatic carbocycles. The van der Waals surface area contributed by atoms with E-state index in [1.165, 1.54) is 19.9 Å². The lowest BCUT2D eigenvalue weighted by molar-refractivity contribution is -0.152. The van der Waals surface area contributed by atoms with E-state index in [1.807, 2.05) is 26.8 Å². The van der Waals surface area contributed by atoms with Gasteiger partial charge in [-0.2, -0.15) is 0 Å². The van der Waals surface area contributed by atoms with E-state index in [0.717, 1.165) is 36.1 Å². The Bertz CT molecular complexity index is 1190. The molecule has 0 saturated carbocycles. The highest BCUT2D eigenvalue weighted by molar-refractivity contribution is 5.88. The summed E-state index contributed by atoms with van der Waals surface area (Å²) in [5.74, 6) is -0.288. The van der Waals surface area contributed by atoms with Crippen molar-refractivity contribution < 1.29 is 33.3 Å². The van der Waals surface area contributed by atoms with Crippen molar-refractivity contribution in [1.82, 2.24) is 4.90 Å².